The quantitative estimate of drug-likeness (QED) is 0.809. The summed E-state index contributed by atoms with van der Waals surface area (Å²) in [5, 5.41) is 0.927. The molecule has 1 saturated heterocycles. The third-order valence-corrected chi connectivity index (χ3v) is 4.19. The van der Waals surface area contributed by atoms with E-state index in [2.05, 4.69) is 9.97 Å². The number of fused-ring (bicyclic) bond motifs is 1. The van der Waals surface area contributed by atoms with Crippen molar-refractivity contribution in [3.8, 4) is 0 Å². The zero-order chi connectivity index (χ0) is 13.9. The number of benzene rings is 1. The number of para-hydroxylation sites is 2. The van der Waals surface area contributed by atoms with Gasteiger partial charge in [-0.05, 0) is 19.1 Å². The van der Waals surface area contributed by atoms with Crippen molar-refractivity contribution in [1.82, 2.24) is 14.9 Å². The van der Waals surface area contributed by atoms with E-state index < -0.39 is 0 Å². The summed E-state index contributed by atoms with van der Waals surface area (Å²) in [5.74, 6) is 0.795. The number of amides is 1. The molecule has 1 aromatic carbocycles. The second-order valence-electron chi connectivity index (χ2n) is 4.55. The standard InChI is InChI=1S/C14H15N3O2S/c1-10-13(16-12-5-3-2-4-11(12)15-10)20-9-7-17-6-8-19-14(17)18/h2-5H,6-9H2,1H3. The van der Waals surface area contributed by atoms with Crippen LogP contribution in [0.5, 0.6) is 0 Å². The Bertz CT molecular complexity index is 647. The van der Waals surface area contributed by atoms with Crippen molar-refractivity contribution in [2.45, 2.75) is 11.9 Å². The van der Waals surface area contributed by atoms with Crippen LogP contribution in [-0.4, -0.2) is 46.4 Å². The Morgan fingerprint density at radius 1 is 1.30 bits per heavy atom. The van der Waals surface area contributed by atoms with Crippen LogP contribution in [0.1, 0.15) is 5.69 Å². The smallest absolute Gasteiger partial charge is 0.409 e. The lowest BCUT2D eigenvalue weighted by Crippen LogP contribution is -2.26. The molecule has 1 fully saturated rings. The van der Waals surface area contributed by atoms with Crippen molar-refractivity contribution in [2.75, 3.05) is 25.4 Å². The molecule has 0 spiro atoms. The van der Waals surface area contributed by atoms with Gasteiger partial charge in [-0.2, -0.15) is 0 Å². The highest BCUT2D eigenvalue weighted by Crippen LogP contribution is 2.22. The van der Waals surface area contributed by atoms with E-state index in [1.165, 1.54) is 0 Å². The number of ether oxygens (including phenoxy) is 1. The number of hydrogen-bond acceptors (Lipinski definition) is 5. The number of aryl methyl sites for hydroxylation is 1. The fourth-order valence-electron chi connectivity index (χ4n) is 2.09. The third kappa shape index (κ3) is 2.70. The van der Waals surface area contributed by atoms with Gasteiger partial charge < -0.3 is 9.64 Å². The highest BCUT2D eigenvalue weighted by molar-refractivity contribution is 7.99. The Morgan fingerprint density at radius 2 is 2.05 bits per heavy atom. The summed E-state index contributed by atoms with van der Waals surface area (Å²) in [6.45, 7) is 3.82. The van der Waals surface area contributed by atoms with E-state index in [9.17, 15) is 4.79 Å². The van der Waals surface area contributed by atoms with Crippen LogP contribution in [0.2, 0.25) is 0 Å². The third-order valence-electron chi connectivity index (χ3n) is 3.15. The first-order valence-corrected chi connectivity index (χ1v) is 7.50. The van der Waals surface area contributed by atoms with Crippen LogP contribution in [0.3, 0.4) is 0 Å². The van der Waals surface area contributed by atoms with Crippen LogP contribution in [0, 0.1) is 6.92 Å². The van der Waals surface area contributed by atoms with Gasteiger partial charge in [0.05, 0.1) is 23.3 Å². The molecule has 1 aliphatic rings. The van der Waals surface area contributed by atoms with E-state index in [0.717, 1.165) is 27.5 Å². The van der Waals surface area contributed by atoms with E-state index >= 15 is 0 Å². The molecule has 2 heterocycles. The predicted molar refractivity (Wildman–Crippen MR) is 77.9 cm³/mol. The van der Waals surface area contributed by atoms with Gasteiger partial charge in [0.15, 0.2) is 0 Å². The average molecular weight is 289 g/mol. The molecule has 0 N–H and O–H groups in total. The number of carbonyl (C=O) groups is 1. The van der Waals surface area contributed by atoms with Crippen LogP contribution in [-0.2, 0) is 4.74 Å². The van der Waals surface area contributed by atoms with Gasteiger partial charge in [0.2, 0.25) is 0 Å². The maximum atomic E-state index is 11.3. The number of hydrogen-bond donors (Lipinski definition) is 0. The van der Waals surface area contributed by atoms with Crippen molar-refractivity contribution in [3.05, 3.63) is 30.0 Å². The minimum absolute atomic E-state index is 0.216. The largest absolute Gasteiger partial charge is 0.448 e. The number of carbonyl (C=O) groups excluding carboxylic acids is 1. The van der Waals surface area contributed by atoms with Gasteiger partial charge in [0, 0.05) is 12.3 Å². The number of rotatable bonds is 4. The normalized spacial score (nSPS) is 14.8. The van der Waals surface area contributed by atoms with Crippen molar-refractivity contribution in [3.63, 3.8) is 0 Å². The summed E-state index contributed by atoms with van der Waals surface area (Å²) in [7, 11) is 0. The molecule has 20 heavy (non-hydrogen) atoms. The maximum Gasteiger partial charge on any atom is 0.409 e. The Labute approximate surface area is 121 Å². The molecular formula is C14H15N3O2S. The first-order chi connectivity index (χ1) is 9.74. The van der Waals surface area contributed by atoms with Crippen LogP contribution in [0.4, 0.5) is 4.79 Å². The van der Waals surface area contributed by atoms with Crippen LogP contribution in [0.25, 0.3) is 11.0 Å². The van der Waals surface area contributed by atoms with E-state index in [1.54, 1.807) is 16.7 Å². The highest BCUT2D eigenvalue weighted by atomic mass is 32.2. The SMILES string of the molecule is Cc1nc2ccccc2nc1SCCN1CCOC1=O. The summed E-state index contributed by atoms with van der Waals surface area (Å²) < 4.78 is 4.90. The van der Waals surface area contributed by atoms with Crippen molar-refractivity contribution < 1.29 is 9.53 Å². The molecule has 6 heteroatoms. The monoisotopic (exact) mass is 289 g/mol. The lowest BCUT2D eigenvalue weighted by molar-refractivity contribution is 0.160. The summed E-state index contributed by atoms with van der Waals surface area (Å²) in [5.41, 5.74) is 2.75. The van der Waals surface area contributed by atoms with Gasteiger partial charge in [-0.25, -0.2) is 14.8 Å². The van der Waals surface area contributed by atoms with Crippen molar-refractivity contribution in [1.29, 1.82) is 0 Å². The Kier molecular flexibility index (Phi) is 3.73. The Hall–Kier alpha value is -1.82. The molecule has 5 nitrogen and oxygen atoms in total. The summed E-state index contributed by atoms with van der Waals surface area (Å²) in [4.78, 5) is 22.2. The second kappa shape index (κ2) is 5.66. The molecule has 0 atom stereocenters. The first-order valence-electron chi connectivity index (χ1n) is 6.52. The fourth-order valence-corrected chi connectivity index (χ4v) is 3.01. The van der Waals surface area contributed by atoms with Crippen molar-refractivity contribution >= 4 is 28.9 Å². The van der Waals surface area contributed by atoms with E-state index in [-0.39, 0.29) is 6.09 Å². The Morgan fingerprint density at radius 3 is 2.75 bits per heavy atom. The van der Waals surface area contributed by atoms with Gasteiger partial charge in [-0.3, -0.25) is 0 Å². The zero-order valence-corrected chi connectivity index (χ0v) is 12.0. The zero-order valence-electron chi connectivity index (χ0n) is 11.2. The molecule has 1 amide bonds. The minimum Gasteiger partial charge on any atom is -0.448 e. The summed E-state index contributed by atoms with van der Waals surface area (Å²) in [6, 6.07) is 7.84. The van der Waals surface area contributed by atoms with E-state index in [1.807, 2.05) is 31.2 Å². The molecule has 0 bridgehead atoms. The average Bonchev–Trinajstić information content (AvgIpc) is 2.85. The second-order valence-corrected chi connectivity index (χ2v) is 5.64. The van der Waals surface area contributed by atoms with Gasteiger partial charge >= 0.3 is 6.09 Å². The molecule has 2 aromatic rings. The van der Waals surface area contributed by atoms with E-state index in [4.69, 9.17) is 4.74 Å². The minimum atomic E-state index is -0.216. The molecule has 3 rings (SSSR count). The van der Waals surface area contributed by atoms with Gasteiger partial charge in [0.1, 0.15) is 11.6 Å². The first kappa shape index (κ1) is 13.2. The number of thioether (sulfide) groups is 1. The lowest BCUT2D eigenvalue weighted by Gasteiger charge is -2.12. The molecule has 0 aliphatic carbocycles. The van der Waals surface area contributed by atoms with Crippen molar-refractivity contribution in [2.24, 2.45) is 0 Å². The van der Waals surface area contributed by atoms with Crippen LogP contribution in [0.15, 0.2) is 29.3 Å². The molecule has 104 valence electrons. The fraction of sp³-hybridized carbons (Fsp3) is 0.357. The molecular weight excluding hydrogens is 274 g/mol. The molecule has 0 unspecified atom stereocenters. The van der Waals surface area contributed by atoms with Gasteiger partial charge in [-0.1, -0.05) is 12.1 Å². The number of aromatic nitrogens is 2. The predicted octanol–water partition coefficient (Wildman–Crippen LogP) is 2.48. The lowest BCUT2D eigenvalue weighted by atomic mass is 10.3. The summed E-state index contributed by atoms with van der Waals surface area (Å²) in [6.07, 6.45) is -0.216. The van der Waals surface area contributed by atoms with E-state index in [0.29, 0.717) is 19.7 Å². The number of nitrogens with zero attached hydrogens (tertiary/aromatic N) is 3. The Balaban J connectivity index is 1.67. The summed E-state index contributed by atoms with van der Waals surface area (Å²) >= 11 is 1.63. The topological polar surface area (TPSA) is 55.3 Å². The molecule has 1 aliphatic heterocycles. The maximum absolute atomic E-state index is 11.3. The number of cyclic esters (lactones) is 1. The van der Waals surface area contributed by atoms with Crippen LogP contribution >= 0.6 is 11.8 Å². The highest BCUT2D eigenvalue weighted by Gasteiger charge is 2.21. The molecule has 0 saturated carbocycles. The van der Waals surface area contributed by atoms with Gasteiger partial charge in [-0.15, -0.1) is 11.8 Å². The van der Waals surface area contributed by atoms with Crippen LogP contribution < -0.4 is 0 Å². The van der Waals surface area contributed by atoms with Gasteiger partial charge in [0.25, 0.3) is 0 Å². The molecule has 1 aromatic heterocycles. The molecule has 0 radical (unpaired) electrons.